The molecule has 0 saturated heterocycles. The number of fused-ring (bicyclic) bond motifs is 1. The highest BCUT2D eigenvalue weighted by Gasteiger charge is 2.32. The molecule has 2 atom stereocenters. The molecule has 110 valence electrons. The van der Waals surface area contributed by atoms with E-state index in [-0.39, 0.29) is 5.92 Å². The molecule has 6 heteroatoms. The summed E-state index contributed by atoms with van der Waals surface area (Å²) in [7, 11) is 0. The summed E-state index contributed by atoms with van der Waals surface area (Å²) in [6, 6.07) is 3.11. The highest BCUT2D eigenvalue weighted by Crippen LogP contribution is 2.41. The molecule has 0 spiro atoms. The molecule has 1 aliphatic rings. The third kappa shape index (κ3) is 2.83. The number of halogens is 1. The summed E-state index contributed by atoms with van der Waals surface area (Å²) < 4.78 is 10.8. The molecule has 0 saturated carbocycles. The van der Waals surface area contributed by atoms with Gasteiger partial charge >= 0.3 is 5.97 Å². The Bertz CT molecular complexity index is 515. The van der Waals surface area contributed by atoms with Crippen molar-refractivity contribution >= 4 is 17.6 Å². The van der Waals surface area contributed by atoms with Gasteiger partial charge in [0, 0.05) is 0 Å². The molecule has 20 heavy (non-hydrogen) atoms. The van der Waals surface area contributed by atoms with E-state index >= 15 is 0 Å². The lowest BCUT2D eigenvalue weighted by Gasteiger charge is -2.25. The molecule has 0 aliphatic carbocycles. The fraction of sp³-hybridized carbons (Fsp3) is 0.500. The largest absolute Gasteiger partial charge is 0.486 e. The molecule has 2 rings (SSSR count). The first-order chi connectivity index (χ1) is 9.41. The third-order valence-corrected chi connectivity index (χ3v) is 3.58. The van der Waals surface area contributed by atoms with Gasteiger partial charge in [-0.2, -0.15) is 0 Å². The summed E-state index contributed by atoms with van der Waals surface area (Å²) >= 11 is 6.09. The zero-order valence-electron chi connectivity index (χ0n) is 11.3. The lowest BCUT2D eigenvalue weighted by atomic mass is 9.86. The van der Waals surface area contributed by atoms with Crippen molar-refractivity contribution in [3.05, 3.63) is 22.7 Å². The predicted octanol–water partition coefficient (Wildman–Crippen LogP) is 2.50. The second kappa shape index (κ2) is 5.89. The van der Waals surface area contributed by atoms with E-state index < -0.39 is 18.0 Å². The smallest absolute Gasteiger partial charge is 0.309 e. The van der Waals surface area contributed by atoms with Gasteiger partial charge in [0.2, 0.25) is 0 Å². The molecule has 1 aromatic rings. The first kappa shape index (κ1) is 14.9. The Morgan fingerprint density at radius 2 is 1.95 bits per heavy atom. The number of carboxylic acids is 1. The predicted molar refractivity (Wildman–Crippen MR) is 73.4 cm³/mol. The van der Waals surface area contributed by atoms with Crippen molar-refractivity contribution in [2.24, 2.45) is 11.8 Å². The maximum Gasteiger partial charge on any atom is 0.309 e. The number of carbonyl (C=O) groups is 1. The van der Waals surface area contributed by atoms with E-state index in [1.54, 1.807) is 19.9 Å². The van der Waals surface area contributed by atoms with Crippen LogP contribution in [0.2, 0.25) is 5.02 Å². The number of rotatable bonds is 4. The van der Waals surface area contributed by atoms with Crippen molar-refractivity contribution in [1.29, 1.82) is 0 Å². The number of benzene rings is 1. The molecule has 1 aromatic carbocycles. The van der Waals surface area contributed by atoms with Gasteiger partial charge in [-0.05, 0) is 23.6 Å². The Morgan fingerprint density at radius 1 is 1.30 bits per heavy atom. The van der Waals surface area contributed by atoms with Crippen molar-refractivity contribution in [3.8, 4) is 11.5 Å². The number of hydrogen-bond donors (Lipinski definition) is 2. The SMILES string of the molecule is CC(C)C(C(=O)O)C(O)c1cc(Cl)c2c(c1)OCCO2. The van der Waals surface area contributed by atoms with E-state index in [1.165, 1.54) is 6.07 Å². The van der Waals surface area contributed by atoms with Gasteiger partial charge in [-0.1, -0.05) is 25.4 Å². The zero-order chi connectivity index (χ0) is 14.9. The minimum atomic E-state index is -1.15. The Hall–Kier alpha value is -1.46. The molecule has 0 bridgehead atoms. The molecular formula is C14H17ClO5. The normalized spacial score (nSPS) is 16.9. The molecule has 5 nitrogen and oxygen atoms in total. The van der Waals surface area contributed by atoms with Crippen molar-refractivity contribution in [2.45, 2.75) is 20.0 Å². The monoisotopic (exact) mass is 300 g/mol. The summed E-state index contributed by atoms with van der Waals surface area (Å²) in [5.41, 5.74) is 0.417. The number of ether oxygens (including phenoxy) is 2. The Morgan fingerprint density at radius 3 is 2.55 bits per heavy atom. The number of aliphatic hydroxyl groups excluding tert-OH is 1. The molecule has 2 N–H and O–H groups in total. The second-order valence-corrected chi connectivity index (χ2v) is 5.49. The first-order valence-corrected chi connectivity index (χ1v) is 6.79. The quantitative estimate of drug-likeness (QED) is 0.893. The van der Waals surface area contributed by atoms with E-state index in [0.29, 0.717) is 35.3 Å². The van der Waals surface area contributed by atoms with Crippen LogP contribution in [0, 0.1) is 11.8 Å². The van der Waals surface area contributed by atoms with Crippen LogP contribution in [0.5, 0.6) is 11.5 Å². The minimum absolute atomic E-state index is 0.213. The summed E-state index contributed by atoms with van der Waals surface area (Å²) in [5.74, 6) is -1.29. The van der Waals surface area contributed by atoms with Gasteiger partial charge in [-0.3, -0.25) is 4.79 Å². The van der Waals surface area contributed by atoms with Gasteiger partial charge < -0.3 is 19.7 Å². The third-order valence-electron chi connectivity index (χ3n) is 3.30. The van der Waals surface area contributed by atoms with Crippen LogP contribution in [0.25, 0.3) is 0 Å². The van der Waals surface area contributed by atoms with Crippen LogP contribution >= 0.6 is 11.6 Å². The highest BCUT2D eigenvalue weighted by molar-refractivity contribution is 6.32. The maximum absolute atomic E-state index is 11.3. The molecule has 0 amide bonds. The average Bonchev–Trinajstić information content (AvgIpc) is 2.37. The van der Waals surface area contributed by atoms with Crippen LogP contribution in [0.1, 0.15) is 25.5 Å². The van der Waals surface area contributed by atoms with Crippen LogP contribution in [0.4, 0.5) is 0 Å². The maximum atomic E-state index is 11.3. The van der Waals surface area contributed by atoms with E-state index in [4.69, 9.17) is 21.1 Å². The van der Waals surface area contributed by atoms with Gasteiger partial charge in [0.05, 0.1) is 17.0 Å². The Kier molecular flexibility index (Phi) is 4.40. The van der Waals surface area contributed by atoms with Crippen LogP contribution in [-0.4, -0.2) is 29.4 Å². The summed E-state index contributed by atoms with van der Waals surface area (Å²) in [6.45, 7) is 4.32. The number of hydrogen-bond acceptors (Lipinski definition) is 4. The van der Waals surface area contributed by atoms with E-state index in [9.17, 15) is 15.0 Å². The van der Waals surface area contributed by atoms with Crippen molar-refractivity contribution in [2.75, 3.05) is 13.2 Å². The molecule has 1 heterocycles. The fourth-order valence-electron chi connectivity index (χ4n) is 2.29. The molecule has 2 unspecified atom stereocenters. The molecule has 0 fully saturated rings. The van der Waals surface area contributed by atoms with E-state index in [1.807, 2.05) is 0 Å². The van der Waals surface area contributed by atoms with Crippen LogP contribution in [0.3, 0.4) is 0 Å². The fourth-order valence-corrected chi connectivity index (χ4v) is 2.57. The van der Waals surface area contributed by atoms with Crippen molar-refractivity contribution in [1.82, 2.24) is 0 Å². The second-order valence-electron chi connectivity index (χ2n) is 5.08. The van der Waals surface area contributed by atoms with Crippen molar-refractivity contribution in [3.63, 3.8) is 0 Å². The van der Waals surface area contributed by atoms with Gasteiger partial charge in [0.15, 0.2) is 11.5 Å². The summed E-state index contributed by atoms with van der Waals surface area (Å²) in [4.78, 5) is 11.3. The molecule has 0 radical (unpaired) electrons. The number of carboxylic acid groups (broad SMARTS) is 1. The number of aliphatic hydroxyl groups is 1. The molecule has 0 aromatic heterocycles. The van der Waals surface area contributed by atoms with E-state index in [0.717, 1.165) is 0 Å². The minimum Gasteiger partial charge on any atom is -0.486 e. The lowest BCUT2D eigenvalue weighted by Crippen LogP contribution is -2.27. The highest BCUT2D eigenvalue weighted by atomic mass is 35.5. The molecule has 1 aliphatic heterocycles. The van der Waals surface area contributed by atoms with Gasteiger partial charge in [0.25, 0.3) is 0 Å². The number of aliphatic carboxylic acids is 1. The standard InChI is InChI=1S/C14H17ClO5/c1-7(2)11(14(17)18)12(16)8-5-9(15)13-10(6-8)19-3-4-20-13/h5-7,11-12,16H,3-4H2,1-2H3,(H,17,18). The van der Waals surface area contributed by atoms with Crippen LogP contribution < -0.4 is 9.47 Å². The molecular weight excluding hydrogens is 284 g/mol. The van der Waals surface area contributed by atoms with Gasteiger partial charge in [0.1, 0.15) is 13.2 Å². The Balaban J connectivity index is 2.37. The Labute approximate surface area is 122 Å². The van der Waals surface area contributed by atoms with Gasteiger partial charge in [-0.15, -0.1) is 0 Å². The van der Waals surface area contributed by atoms with Crippen LogP contribution in [-0.2, 0) is 4.79 Å². The van der Waals surface area contributed by atoms with E-state index in [2.05, 4.69) is 0 Å². The summed E-state index contributed by atoms with van der Waals surface area (Å²) in [6.07, 6.45) is -1.15. The van der Waals surface area contributed by atoms with Crippen LogP contribution in [0.15, 0.2) is 12.1 Å². The lowest BCUT2D eigenvalue weighted by molar-refractivity contribution is -0.148. The zero-order valence-corrected chi connectivity index (χ0v) is 12.1. The average molecular weight is 301 g/mol. The first-order valence-electron chi connectivity index (χ1n) is 6.41. The van der Waals surface area contributed by atoms with Crippen molar-refractivity contribution < 1.29 is 24.5 Å². The topological polar surface area (TPSA) is 76.0 Å². The van der Waals surface area contributed by atoms with Gasteiger partial charge in [-0.25, -0.2) is 0 Å². The summed E-state index contributed by atoms with van der Waals surface area (Å²) in [5, 5.41) is 19.9.